The van der Waals surface area contributed by atoms with E-state index >= 15 is 0 Å². The van der Waals surface area contributed by atoms with Crippen LogP contribution in [0.3, 0.4) is 0 Å². The first-order chi connectivity index (χ1) is 7.47. The van der Waals surface area contributed by atoms with Gasteiger partial charge in [0.1, 0.15) is 0 Å². The van der Waals surface area contributed by atoms with Crippen molar-refractivity contribution in [3.05, 3.63) is 0 Å². The van der Waals surface area contributed by atoms with E-state index in [4.69, 9.17) is 0 Å². The number of esters is 1. The van der Waals surface area contributed by atoms with Crippen LogP contribution in [0.2, 0.25) is 0 Å². The Labute approximate surface area is 90.7 Å². The van der Waals surface area contributed by atoms with Gasteiger partial charge in [-0.2, -0.15) is 13.2 Å². The highest BCUT2D eigenvalue weighted by molar-refractivity contribution is 5.75. The number of hydrogen-bond acceptors (Lipinski definition) is 4. The Bertz CT molecular complexity index is 278. The fraction of sp³-hybridized carbons (Fsp3) is 0.889. The predicted octanol–water partition coefficient (Wildman–Crippen LogP) is 1.18. The van der Waals surface area contributed by atoms with Gasteiger partial charge in [-0.15, -0.1) is 0 Å². The predicted molar refractivity (Wildman–Crippen MR) is 48.0 cm³/mol. The van der Waals surface area contributed by atoms with Gasteiger partial charge in [0.25, 0.3) is 0 Å². The molecular formula is C9H13F3N2O2. The Hall–Kier alpha value is -0.820. The Morgan fingerprint density at radius 3 is 2.56 bits per heavy atom. The molecule has 1 saturated carbocycles. The second-order valence-electron chi connectivity index (χ2n) is 4.10. The molecule has 0 radical (unpaired) electrons. The van der Waals surface area contributed by atoms with Gasteiger partial charge in [0.15, 0.2) is 6.23 Å². The van der Waals surface area contributed by atoms with E-state index in [2.05, 4.69) is 10.2 Å². The number of rotatable bonds is 3. The summed E-state index contributed by atoms with van der Waals surface area (Å²) in [6.07, 6.45) is -2.47. The molecule has 1 N–H and O–H groups in total. The maximum Gasteiger partial charge on any atom is 0.490 e. The van der Waals surface area contributed by atoms with Crippen LogP contribution in [0, 0.1) is 0 Å². The summed E-state index contributed by atoms with van der Waals surface area (Å²) < 4.78 is 40.4. The zero-order valence-corrected chi connectivity index (χ0v) is 8.59. The molecule has 1 saturated heterocycles. The molecule has 2 fully saturated rings. The van der Waals surface area contributed by atoms with Gasteiger partial charge in [-0.25, -0.2) is 15.2 Å². The number of hydrogen-bond donors (Lipinski definition) is 1. The average Bonchev–Trinajstić information content (AvgIpc) is 2.87. The number of ether oxygens (including phenoxy) is 1. The molecule has 1 atom stereocenters. The number of alkyl halides is 3. The maximum absolute atomic E-state index is 12.0. The summed E-state index contributed by atoms with van der Waals surface area (Å²) in [6, 6.07) is 0.338. The summed E-state index contributed by atoms with van der Waals surface area (Å²) in [7, 11) is 0. The molecule has 1 heterocycles. The second kappa shape index (κ2) is 4.21. The van der Waals surface area contributed by atoms with Crippen LogP contribution in [0.25, 0.3) is 0 Å². The van der Waals surface area contributed by atoms with Crippen molar-refractivity contribution in [1.82, 2.24) is 10.4 Å². The van der Waals surface area contributed by atoms with E-state index in [-0.39, 0.29) is 0 Å². The van der Waals surface area contributed by atoms with Crippen LogP contribution in [0.1, 0.15) is 25.7 Å². The molecule has 0 amide bonds. The van der Waals surface area contributed by atoms with E-state index in [9.17, 15) is 18.0 Å². The zero-order valence-electron chi connectivity index (χ0n) is 8.59. The summed E-state index contributed by atoms with van der Waals surface area (Å²) in [6.45, 7) is 0.617. The van der Waals surface area contributed by atoms with E-state index in [1.807, 2.05) is 0 Å². The van der Waals surface area contributed by atoms with E-state index in [1.54, 1.807) is 5.01 Å². The first-order valence-electron chi connectivity index (χ1n) is 5.27. The van der Waals surface area contributed by atoms with Gasteiger partial charge in [-0.1, -0.05) is 0 Å². The summed E-state index contributed by atoms with van der Waals surface area (Å²) in [5.41, 5.74) is 3.05. The van der Waals surface area contributed by atoms with Crippen LogP contribution in [-0.2, 0) is 9.53 Å². The van der Waals surface area contributed by atoms with Crippen LogP contribution in [0.4, 0.5) is 13.2 Å². The number of hydrazine groups is 1. The smallest absolute Gasteiger partial charge is 0.438 e. The molecule has 7 heteroatoms. The van der Waals surface area contributed by atoms with Gasteiger partial charge in [0, 0.05) is 19.0 Å². The maximum atomic E-state index is 12.0. The molecule has 0 aromatic carbocycles. The van der Waals surface area contributed by atoms with Gasteiger partial charge in [-0.3, -0.25) is 0 Å². The molecule has 0 bridgehead atoms. The lowest BCUT2D eigenvalue weighted by Gasteiger charge is -2.25. The Morgan fingerprint density at radius 2 is 2.00 bits per heavy atom. The standard InChI is InChI=1S/C9H13F3N2O2/c10-9(11,12)8(15)16-7-2-1-5-14(7)13-6-3-4-6/h6-7,13H,1-5H2/t7-/m0/s1. The minimum Gasteiger partial charge on any atom is -0.438 e. The Balaban J connectivity index is 1.85. The van der Waals surface area contributed by atoms with Crippen molar-refractivity contribution in [1.29, 1.82) is 0 Å². The van der Waals surface area contributed by atoms with Gasteiger partial charge in [0.05, 0.1) is 0 Å². The highest BCUT2D eigenvalue weighted by atomic mass is 19.4. The lowest BCUT2D eigenvalue weighted by atomic mass is 10.4. The minimum atomic E-state index is -4.91. The molecule has 1 aliphatic carbocycles. The SMILES string of the molecule is O=C(O[C@H]1CCCN1NC1CC1)C(F)(F)F. The quantitative estimate of drug-likeness (QED) is 0.750. The first-order valence-corrected chi connectivity index (χ1v) is 5.27. The van der Waals surface area contributed by atoms with Crippen molar-refractivity contribution in [3.8, 4) is 0 Å². The molecule has 0 aromatic rings. The highest BCUT2D eigenvalue weighted by Gasteiger charge is 2.44. The summed E-state index contributed by atoms with van der Waals surface area (Å²) in [5.74, 6) is -2.11. The number of nitrogens with zero attached hydrogens (tertiary/aromatic N) is 1. The minimum absolute atomic E-state index is 0.338. The van der Waals surface area contributed by atoms with Crippen molar-refractivity contribution >= 4 is 5.97 Å². The third-order valence-corrected chi connectivity index (χ3v) is 2.60. The molecule has 2 rings (SSSR count). The van der Waals surface area contributed by atoms with Crippen LogP contribution >= 0.6 is 0 Å². The largest absolute Gasteiger partial charge is 0.490 e. The lowest BCUT2D eigenvalue weighted by molar-refractivity contribution is -0.212. The van der Waals surface area contributed by atoms with Gasteiger partial charge < -0.3 is 4.74 Å². The molecule has 4 nitrogen and oxygen atoms in total. The van der Waals surface area contributed by atoms with E-state index in [0.29, 0.717) is 19.0 Å². The molecule has 0 aromatic heterocycles. The lowest BCUT2D eigenvalue weighted by Crippen LogP contribution is -2.46. The normalized spacial score (nSPS) is 27.1. The second-order valence-corrected chi connectivity index (χ2v) is 4.10. The third kappa shape index (κ3) is 2.85. The fourth-order valence-corrected chi connectivity index (χ4v) is 1.64. The molecule has 0 spiro atoms. The van der Waals surface area contributed by atoms with Gasteiger partial charge in [-0.05, 0) is 19.3 Å². The number of halogens is 3. The number of carbonyl (C=O) groups excluding carboxylic acids is 1. The van der Waals surface area contributed by atoms with E-state index < -0.39 is 18.4 Å². The van der Waals surface area contributed by atoms with Crippen LogP contribution in [-0.4, -0.2) is 36.0 Å². The summed E-state index contributed by atoms with van der Waals surface area (Å²) >= 11 is 0. The molecule has 1 aliphatic heterocycles. The molecule has 92 valence electrons. The van der Waals surface area contributed by atoms with Gasteiger partial charge in [0.2, 0.25) is 0 Å². The van der Waals surface area contributed by atoms with Crippen molar-refractivity contribution < 1.29 is 22.7 Å². The highest BCUT2D eigenvalue weighted by Crippen LogP contribution is 2.25. The van der Waals surface area contributed by atoms with Crippen molar-refractivity contribution in [3.63, 3.8) is 0 Å². The van der Waals surface area contributed by atoms with Gasteiger partial charge >= 0.3 is 12.1 Å². The summed E-state index contributed by atoms with van der Waals surface area (Å²) in [5, 5.41) is 1.60. The van der Waals surface area contributed by atoms with Crippen molar-refractivity contribution in [2.24, 2.45) is 0 Å². The van der Waals surface area contributed by atoms with E-state index in [1.165, 1.54) is 0 Å². The number of nitrogens with one attached hydrogen (secondary N) is 1. The average molecular weight is 238 g/mol. The Morgan fingerprint density at radius 1 is 1.31 bits per heavy atom. The molecule has 0 unspecified atom stereocenters. The van der Waals surface area contributed by atoms with Crippen molar-refractivity contribution in [2.75, 3.05) is 6.54 Å². The Kier molecular flexibility index (Phi) is 3.07. The molecular weight excluding hydrogens is 225 g/mol. The fourth-order valence-electron chi connectivity index (χ4n) is 1.64. The monoisotopic (exact) mass is 238 g/mol. The van der Waals surface area contributed by atoms with Crippen molar-refractivity contribution in [2.45, 2.75) is 44.1 Å². The van der Waals surface area contributed by atoms with Crippen LogP contribution < -0.4 is 5.43 Å². The topological polar surface area (TPSA) is 41.6 Å². The zero-order chi connectivity index (χ0) is 11.8. The molecule has 2 aliphatic rings. The third-order valence-electron chi connectivity index (χ3n) is 2.60. The number of carbonyl (C=O) groups is 1. The molecule has 16 heavy (non-hydrogen) atoms. The van der Waals surface area contributed by atoms with Crippen LogP contribution in [0.5, 0.6) is 0 Å². The summed E-state index contributed by atoms with van der Waals surface area (Å²) in [4.78, 5) is 10.7. The van der Waals surface area contributed by atoms with E-state index in [0.717, 1.165) is 19.3 Å². The first kappa shape index (κ1) is 11.7. The van der Waals surface area contributed by atoms with Crippen LogP contribution in [0.15, 0.2) is 0 Å².